The van der Waals surface area contributed by atoms with E-state index in [1.165, 1.54) is 29.6 Å². The van der Waals surface area contributed by atoms with Crippen molar-refractivity contribution in [3.05, 3.63) is 70.9 Å². The van der Waals surface area contributed by atoms with Gasteiger partial charge in [-0.15, -0.1) is 11.3 Å². The summed E-state index contributed by atoms with van der Waals surface area (Å²) in [6.07, 6.45) is 3.16. The molecular formula is C26H27N3O4S. The Morgan fingerprint density at radius 3 is 2.26 bits per heavy atom. The molecule has 2 N–H and O–H groups in total. The van der Waals surface area contributed by atoms with Gasteiger partial charge in [0.15, 0.2) is 5.01 Å². The lowest BCUT2D eigenvalue weighted by Crippen LogP contribution is -2.44. The van der Waals surface area contributed by atoms with Gasteiger partial charge >= 0.3 is 5.97 Å². The summed E-state index contributed by atoms with van der Waals surface area (Å²) in [6.45, 7) is 3.67. The Balaban J connectivity index is 1.38. The summed E-state index contributed by atoms with van der Waals surface area (Å²) in [4.78, 5) is 42.3. The second-order valence-electron chi connectivity index (χ2n) is 8.69. The van der Waals surface area contributed by atoms with Crippen LogP contribution in [-0.4, -0.2) is 35.9 Å². The summed E-state index contributed by atoms with van der Waals surface area (Å²) >= 11 is 1.24. The standard InChI is InChI=1S/C26H27N3O4S/c1-15(2)22(26(32)33-3)29-24(31)25-27-14-21(34-25)16-8-10-20(11-9-16)28-23(30)19-12-17-6-4-5-7-18(17)13-19/h4-11,14-15,19,22H,12-13H2,1-3H3,(H,28,30)(H,29,31). The maximum atomic E-state index is 12.7. The summed E-state index contributed by atoms with van der Waals surface area (Å²) < 4.78 is 4.77. The van der Waals surface area contributed by atoms with Gasteiger partial charge in [-0.25, -0.2) is 9.78 Å². The first-order chi connectivity index (χ1) is 16.4. The van der Waals surface area contributed by atoms with E-state index in [0.717, 1.165) is 29.0 Å². The van der Waals surface area contributed by atoms with E-state index < -0.39 is 17.9 Å². The Morgan fingerprint density at radius 2 is 1.68 bits per heavy atom. The maximum Gasteiger partial charge on any atom is 0.328 e. The SMILES string of the molecule is COC(=O)C(NC(=O)c1ncc(-c2ccc(NC(=O)C3Cc4ccccc4C3)cc2)s1)C(C)C. The molecule has 4 rings (SSSR count). The average molecular weight is 478 g/mol. The van der Waals surface area contributed by atoms with Gasteiger partial charge in [0, 0.05) is 17.8 Å². The highest BCUT2D eigenvalue weighted by atomic mass is 32.1. The number of hydrogen-bond acceptors (Lipinski definition) is 6. The molecule has 0 fully saturated rings. The molecule has 1 unspecified atom stereocenters. The van der Waals surface area contributed by atoms with Gasteiger partial charge in [-0.05, 0) is 47.6 Å². The minimum atomic E-state index is -0.736. The zero-order chi connectivity index (χ0) is 24.2. The molecule has 0 radical (unpaired) electrons. The maximum absolute atomic E-state index is 12.7. The summed E-state index contributed by atoms with van der Waals surface area (Å²) in [5.41, 5.74) is 4.10. The van der Waals surface area contributed by atoms with Gasteiger partial charge in [-0.2, -0.15) is 0 Å². The number of carbonyl (C=O) groups excluding carboxylic acids is 3. The molecule has 176 valence electrons. The quantitative estimate of drug-likeness (QED) is 0.500. The number of aromatic nitrogens is 1. The Morgan fingerprint density at radius 1 is 1.03 bits per heavy atom. The molecule has 7 nitrogen and oxygen atoms in total. The molecule has 0 spiro atoms. The van der Waals surface area contributed by atoms with E-state index in [0.29, 0.717) is 0 Å². The van der Waals surface area contributed by atoms with Crippen molar-refractivity contribution in [3.8, 4) is 10.4 Å². The number of hydrogen-bond donors (Lipinski definition) is 2. The Bertz CT molecular complexity index is 1180. The zero-order valence-electron chi connectivity index (χ0n) is 19.3. The molecule has 0 bridgehead atoms. The number of amides is 2. The van der Waals surface area contributed by atoms with Crippen molar-refractivity contribution < 1.29 is 19.1 Å². The number of thiazole rings is 1. The van der Waals surface area contributed by atoms with E-state index in [1.807, 2.05) is 50.2 Å². The monoisotopic (exact) mass is 477 g/mol. The van der Waals surface area contributed by atoms with Gasteiger partial charge in [0.2, 0.25) is 5.91 Å². The molecule has 0 saturated heterocycles. The molecule has 1 atom stereocenters. The van der Waals surface area contributed by atoms with Crippen molar-refractivity contribution in [1.82, 2.24) is 10.3 Å². The highest BCUT2D eigenvalue weighted by Gasteiger charge is 2.28. The Labute approximate surface area is 202 Å². The molecule has 2 aromatic carbocycles. The van der Waals surface area contributed by atoms with Crippen LogP contribution in [0.4, 0.5) is 5.69 Å². The molecule has 0 aliphatic heterocycles. The lowest BCUT2D eigenvalue weighted by atomic mass is 10.0. The van der Waals surface area contributed by atoms with Crippen LogP contribution in [0, 0.1) is 11.8 Å². The molecule has 1 aliphatic carbocycles. The first kappa shape index (κ1) is 23.6. The van der Waals surface area contributed by atoms with Crippen LogP contribution in [0.5, 0.6) is 0 Å². The van der Waals surface area contributed by atoms with E-state index in [4.69, 9.17) is 4.74 Å². The van der Waals surface area contributed by atoms with Crippen LogP contribution in [-0.2, 0) is 27.2 Å². The largest absolute Gasteiger partial charge is 0.467 e. The number of nitrogens with one attached hydrogen (secondary N) is 2. The number of carbonyl (C=O) groups is 3. The number of esters is 1. The smallest absolute Gasteiger partial charge is 0.328 e. The van der Waals surface area contributed by atoms with Crippen molar-refractivity contribution in [2.75, 3.05) is 12.4 Å². The van der Waals surface area contributed by atoms with Gasteiger partial charge in [0.25, 0.3) is 5.91 Å². The van der Waals surface area contributed by atoms with E-state index in [1.54, 1.807) is 6.20 Å². The molecule has 1 heterocycles. The molecular weight excluding hydrogens is 450 g/mol. The van der Waals surface area contributed by atoms with Crippen LogP contribution in [0.2, 0.25) is 0 Å². The number of fused-ring (bicyclic) bond motifs is 1. The second kappa shape index (κ2) is 10.2. The third-order valence-corrected chi connectivity index (χ3v) is 7.01. The molecule has 8 heteroatoms. The van der Waals surface area contributed by atoms with E-state index >= 15 is 0 Å². The lowest BCUT2D eigenvalue weighted by Gasteiger charge is -2.18. The highest BCUT2D eigenvalue weighted by Crippen LogP contribution is 2.29. The van der Waals surface area contributed by atoms with Crippen molar-refractivity contribution in [2.24, 2.45) is 11.8 Å². The van der Waals surface area contributed by atoms with E-state index in [9.17, 15) is 14.4 Å². The number of nitrogens with zero attached hydrogens (tertiary/aromatic N) is 1. The summed E-state index contributed by atoms with van der Waals surface area (Å²) in [5.74, 6) is -1.05. The van der Waals surface area contributed by atoms with E-state index in [-0.39, 0.29) is 22.8 Å². The van der Waals surface area contributed by atoms with Gasteiger partial charge in [0.1, 0.15) is 6.04 Å². The van der Waals surface area contributed by atoms with Gasteiger partial charge in [-0.3, -0.25) is 9.59 Å². The minimum Gasteiger partial charge on any atom is -0.467 e. The van der Waals surface area contributed by atoms with Gasteiger partial charge < -0.3 is 15.4 Å². The third-order valence-electron chi connectivity index (χ3n) is 5.97. The molecule has 0 saturated carbocycles. The third kappa shape index (κ3) is 5.17. The fourth-order valence-corrected chi connectivity index (χ4v) is 4.87. The molecule has 1 aliphatic rings. The van der Waals surface area contributed by atoms with Crippen LogP contribution in [0.3, 0.4) is 0 Å². The highest BCUT2D eigenvalue weighted by molar-refractivity contribution is 7.17. The Kier molecular flexibility index (Phi) is 7.07. The predicted octanol–water partition coefficient (Wildman–Crippen LogP) is 4.09. The number of anilines is 1. The van der Waals surface area contributed by atoms with Crippen LogP contribution in [0.15, 0.2) is 54.7 Å². The van der Waals surface area contributed by atoms with Crippen LogP contribution in [0.25, 0.3) is 10.4 Å². The van der Waals surface area contributed by atoms with Gasteiger partial charge in [-0.1, -0.05) is 50.2 Å². The fraction of sp³-hybridized carbons (Fsp3) is 0.308. The van der Waals surface area contributed by atoms with Crippen molar-refractivity contribution in [3.63, 3.8) is 0 Å². The van der Waals surface area contributed by atoms with Gasteiger partial charge in [0.05, 0.1) is 12.0 Å². The second-order valence-corrected chi connectivity index (χ2v) is 9.72. The van der Waals surface area contributed by atoms with Crippen LogP contribution >= 0.6 is 11.3 Å². The Hall–Kier alpha value is -3.52. The van der Waals surface area contributed by atoms with Crippen molar-refractivity contribution in [2.45, 2.75) is 32.7 Å². The molecule has 3 aromatic rings. The first-order valence-corrected chi connectivity index (χ1v) is 12.0. The summed E-state index contributed by atoms with van der Waals surface area (Å²) in [7, 11) is 1.30. The predicted molar refractivity (Wildman–Crippen MR) is 132 cm³/mol. The molecule has 34 heavy (non-hydrogen) atoms. The molecule has 1 aromatic heterocycles. The molecule has 2 amide bonds. The number of ether oxygens (including phenoxy) is 1. The number of methoxy groups -OCH3 is 1. The number of rotatable bonds is 7. The normalized spacial score (nSPS) is 13.9. The van der Waals surface area contributed by atoms with Crippen LogP contribution < -0.4 is 10.6 Å². The minimum absolute atomic E-state index is 0.0195. The van der Waals surface area contributed by atoms with Crippen LogP contribution in [0.1, 0.15) is 34.8 Å². The summed E-state index contributed by atoms with van der Waals surface area (Å²) in [5, 5.41) is 5.98. The zero-order valence-corrected chi connectivity index (χ0v) is 20.1. The van der Waals surface area contributed by atoms with E-state index in [2.05, 4.69) is 27.8 Å². The first-order valence-electron chi connectivity index (χ1n) is 11.2. The average Bonchev–Trinajstić information content (AvgIpc) is 3.50. The fourth-order valence-electron chi connectivity index (χ4n) is 4.05. The lowest BCUT2D eigenvalue weighted by molar-refractivity contribution is -0.144. The van der Waals surface area contributed by atoms with Crippen molar-refractivity contribution in [1.29, 1.82) is 0 Å². The van der Waals surface area contributed by atoms with Crippen molar-refractivity contribution >= 4 is 34.8 Å². The topological polar surface area (TPSA) is 97.4 Å². The number of benzene rings is 2. The summed E-state index contributed by atoms with van der Waals surface area (Å²) in [6, 6.07) is 14.9.